The molecule has 4 aromatic rings. The van der Waals surface area contributed by atoms with Gasteiger partial charge in [-0.1, -0.05) is 61.7 Å². The van der Waals surface area contributed by atoms with E-state index in [1.807, 2.05) is 24.3 Å². The molecule has 6 heteroatoms. The van der Waals surface area contributed by atoms with Crippen LogP contribution in [0.15, 0.2) is 121 Å². The number of aromatic hydroxyl groups is 2. The van der Waals surface area contributed by atoms with E-state index in [4.69, 9.17) is 9.47 Å². The van der Waals surface area contributed by atoms with E-state index in [2.05, 4.69) is 13.2 Å². The molecule has 4 rings (SSSR count). The standard InChI is InChI=1S/C20H18O4.C12H10O2/c1-13(2)19(21)23-17-9-5-7-15(11-17)16-8-6-10-18(12-16)24-20(22)14(3)4;13-11-5-1-3-9(7-11)10-4-2-6-12(14)8-10/h5-12H,1,3H2,2,4H3;1-8,13-14H. The first-order valence-electron chi connectivity index (χ1n) is 11.7. The van der Waals surface area contributed by atoms with Gasteiger partial charge in [0.25, 0.3) is 0 Å². The summed E-state index contributed by atoms with van der Waals surface area (Å²) in [6, 6.07) is 28.0. The molecule has 0 aliphatic carbocycles. The summed E-state index contributed by atoms with van der Waals surface area (Å²) in [6.07, 6.45) is 0. The highest BCUT2D eigenvalue weighted by atomic mass is 16.5. The molecular formula is C32H28O6. The molecule has 0 unspecified atom stereocenters. The first-order chi connectivity index (χ1) is 18.1. The number of hydrogen-bond donors (Lipinski definition) is 2. The Balaban J connectivity index is 0.000000241. The molecule has 6 nitrogen and oxygen atoms in total. The fourth-order valence-electron chi connectivity index (χ4n) is 3.24. The number of phenolic OH excluding ortho intramolecular Hbond substituents is 2. The summed E-state index contributed by atoms with van der Waals surface area (Å²) in [7, 11) is 0. The highest BCUT2D eigenvalue weighted by Crippen LogP contribution is 2.28. The fraction of sp³-hybridized carbons (Fsp3) is 0.0625. The maximum atomic E-state index is 11.6. The van der Waals surface area contributed by atoms with Gasteiger partial charge in [-0.3, -0.25) is 0 Å². The van der Waals surface area contributed by atoms with Crippen molar-refractivity contribution in [1.29, 1.82) is 0 Å². The van der Waals surface area contributed by atoms with Crippen LogP contribution in [0, 0.1) is 0 Å². The number of carbonyl (C=O) groups is 2. The van der Waals surface area contributed by atoms with Crippen molar-refractivity contribution in [3.63, 3.8) is 0 Å². The minimum absolute atomic E-state index is 0.228. The zero-order valence-electron chi connectivity index (χ0n) is 21.2. The molecule has 0 amide bonds. The number of esters is 2. The molecule has 192 valence electrons. The van der Waals surface area contributed by atoms with Crippen LogP contribution < -0.4 is 9.47 Å². The van der Waals surface area contributed by atoms with Gasteiger partial charge in [0.2, 0.25) is 0 Å². The molecule has 0 aromatic heterocycles. The van der Waals surface area contributed by atoms with Gasteiger partial charge in [0.1, 0.15) is 23.0 Å². The van der Waals surface area contributed by atoms with Gasteiger partial charge in [0.15, 0.2) is 0 Å². The van der Waals surface area contributed by atoms with E-state index in [1.165, 1.54) is 0 Å². The van der Waals surface area contributed by atoms with Crippen molar-refractivity contribution < 1.29 is 29.3 Å². The topological polar surface area (TPSA) is 93.1 Å². The Hall–Kier alpha value is -5.10. The number of phenols is 2. The highest BCUT2D eigenvalue weighted by molar-refractivity contribution is 5.89. The minimum atomic E-state index is -0.476. The SMILES string of the molecule is C=C(C)C(=O)Oc1cccc(-c2cccc(OC(=O)C(=C)C)c2)c1.Oc1cccc(-c2cccc(O)c2)c1. The summed E-state index contributed by atoms with van der Waals surface area (Å²) in [6.45, 7) is 10.3. The molecule has 0 bridgehead atoms. The molecule has 38 heavy (non-hydrogen) atoms. The largest absolute Gasteiger partial charge is 0.508 e. The summed E-state index contributed by atoms with van der Waals surface area (Å²) in [5.41, 5.74) is 4.09. The molecule has 0 atom stereocenters. The summed E-state index contributed by atoms with van der Waals surface area (Å²) < 4.78 is 10.5. The fourth-order valence-corrected chi connectivity index (χ4v) is 3.24. The number of rotatable bonds is 6. The highest BCUT2D eigenvalue weighted by Gasteiger charge is 2.09. The monoisotopic (exact) mass is 508 g/mol. The predicted octanol–water partition coefficient (Wildman–Crippen LogP) is 7.08. The Morgan fingerprint density at radius 2 is 0.868 bits per heavy atom. The first-order valence-corrected chi connectivity index (χ1v) is 11.7. The Morgan fingerprint density at radius 3 is 1.18 bits per heavy atom. The number of carbonyl (C=O) groups excluding carboxylic acids is 2. The van der Waals surface area contributed by atoms with E-state index < -0.39 is 11.9 Å². The Kier molecular flexibility index (Phi) is 9.21. The van der Waals surface area contributed by atoms with E-state index in [0.29, 0.717) is 22.6 Å². The Labute approximate surface area is 221 Å². The molecular weight excluding hydrogens is 480 g/mol. The van der Waals surface area contributed by atoms with Gasteiger partial charge in [0.05, 0.1) is 0 Å². The number of hydrogen-bond acceptors (Lipinski definition) is 6. The molecule has 0 heterocycles. The van der Waals surface area contributed by atoms with E-state index in [-0.39, 0.29) is 11.5 Å². The quantitative estimate of drug-likeness (QED) is 0.164. The minimum Gasteiger partial charge on any atom is -0.508 e. The van der Waals surface area contributed by atoms with Crippen LogP contribution in [0.1, 0.15) is 13.8 Å². The maximum Gasteiger partial charge on any atom is 0.338 e. The van der Waals surface area contributed by atoms with Gasteiger partial charge in [-0.25, -0.2) is 9.59 Å². The van der Waals surface area contributed by atoms with Crippen molar-refractivity contribution in [2.45, 2.75) is 13.8 Å². The molecule has 0 aliphatic heterocycles. The molecule has 0 spiro atoms. The molecule has 0 saturated carbocycles. The van der Waals surface area contributed by atoms with E-state index in [9.17, 15) is 19.8 Å². The summed E-state index contributed by atoms with van der Waals surface area (Å²) >= 11 is 0. The second-order valence-electron chi connectivity index (χ2n) is 8.50. The van der Waals surface area contributed by atoms with Crippen molar-refractivity contribution in [2.75, 3.05) is 0 Å². The third-order valence-electron chi connectivity index (χ3n) is 5.15. The molecule has 0 saturated heterocycles. The van der Waals surface area contributed by atoms with Crippen LogP contribution in [0.4, 0.5) is 0 Å². The lowest BCUT2D eigenvalue weighted by atomic mass is 10.1. The molecule has 4 aromatic carbocycles. The van der Waals surface area contributed by atoms with E-state index >= 15 is 0 Å². The van der Waals surface area contributed by atoms with Crippen molar-refractivity contribution in [3.05, 3.63) is 121 Å². The average molecular weight is 509 g/mol. The maximum absolute atomic E-state index is 11.6. The van der Waals surface area contributed by atoms with Crippen LogP contribution in [0.5, 0.6) is 23.0 Å². The average Bonchev–Trinajstić information content (AvgIpc) is 2.89. The third kappa shape index (κ3) is 7.96. The number of benzene rings is 4. The molecule has 0 radical (unpaired) electrons. The van der Waals surface area contributed by atoms with Crippen LogP contribution >= 0.6 is 0 Å². The van der Waals surface area contributed by atoms with Crippen LogP contribution in [-0.2, 0) is 9.59 Å². The van der Waals surface area contributed by atoms with Gasteiger partial charge in [-0.05, 0) is 84.6 Å². The smallest absolute Gasteiger partial charge is 0.338 e. The second kappa shape index (κ2) is 12.7. The van der Waals surface area contributed by atoms with Crippen molar-refractivity contribution >= 4 is 11.9 Å². The first kappa shape index (κ1) is 27.5. The zero-order chi connectivity index (χ0) is 27.7. The van der Waals surface area contributed by atoms with E-state index in [0.717, 1.165) is 22.3 Å². The van der Waals surface area contributed by atoms with Crippen molar-refractivity contribution in [3.8, 4) is 45.3 Å². The number of ether oxygens (including phenoxy) is 2. The predicted molar refractivity (Wildman–Crippen MR) is 148 cm³/mol. The van der Waals surface area contributed by atoms with Crippen LogP contribution in [0.25, 0.3) is 22.3 Å². The van der Waals surface area contributed by atoms with Crippen LogP contribution in [0.2, 0.25) is 0 Å². The lowest BCUT2D eigenvalue weighted by molar-refractivity contribution is -0.130. The van der Waals surface area contributed by atoms with Gasteiger partial charge in [0, 0.05) is 11.1 Å². The van der Waals surface area contributed by atoms with Crippen LogP contribution in [-0.4, -0.2) is 22.2 Å². The summed E-state index contributed by atoms with van der Waals surface area (Å²) in [5, 5.41) is 18.6. The normalized spacial score (nSPS) is 9.95. The zero-order valence-corrected chi connectivity index (χ0v) is 21.2. The summed E-state index contributed by atoms with van der Waals surface area (Å²) in [4.78, 5) is 23.2. The molecule has 0 aliphatic rings. The van der Waals surface area contributed by atoms with Crippen molar-refractivity contribution in [2.24, 2.45) is 0 Å². The molecule has 2 N–H and O–H groups in total. The lowest BCUT2D eigenvalue weighted by Gasteiger charge is -2.09. The lowest BCUT2D eigenvalue weighted by Crippen LogP contribution is -2.08. The van der Waals surface area contributed by atoms with Gasteiger partial charge < -0.3 is 19.7 Å². The second-order valence-corrected chi connectivity index (χ2v) is 8.50. The van der Waals surface area contributed by atoms with Gasteiger partial charge >= 0.3 is 11.9 Å². The summed E-state index contributed by atoms with van der Waals surface area (Å²) in [5.74, 6) is 0.346. The van der Waals surface area contributed by atoms with E-state index in [1.54, 1.807) is 86.6 Å². The van der Waals surface area contributed by atoms with Gasteiger partial charge in [-0.15, -0.1) is 0 Å². The molecule has 0 fully saturated rings. The Bertz CT molecular complexity index is 1370. The van der Waals surface area contributed by atoms with Gasteiger partial charge in [-0.2, -0.15) is 0 Å². The third-order valence-corrected chi connectivity index (χ3v) is 5.15. The Morgan fingerprint density at radius 1 is 0.553 bits per heavy atom. The van der Waals surface area contributed by atoms with Crippen LogP contribution in [0.3, 0.4) is 0 Å². The van der Waals surface area contributed by atoms with Crippen molar-refractivity contribution in [1.82, 2.24) is 0 Å².